The molecule has 2 saturated heterocycles. The molecule has 3 heterocycles. The van der Waals surface area contributed by atoms with Crippen molar-refractivity contribution in [3.63, 3.8) is 0 Å². The summed E-state index contributed by atoms with van der Waals surface area (Å²) < 4.78 is 16.5. The van der Waals surface area contributed by atoms with Crippen molar-refractivity contribution in [1.82, 2.24) is 10.2 Å². The van der Waals surface area contributed by atoms with E-state index in [1.54, 1.807) is 6.07 Å². The van der Waals surface area contributed by atoms with E-state index in [1.807, 2.05) is 4.90 Å². The van der Waals surface area contributed by atoms with Crippen molar-refractivity contribution in [3.05, 3.63) is 18.1 Å². The highest BCUT2D eigenvalue weighted by Gasteiger charge is 2.38. The van der Waals surface area contributed by atoms with Crippen molar-refractivity contribution in [1.29, 1.82) is 0 Å². The van der Waals surface area contributed by atoms with E-state index in [-0.39, 0.29) is 5.91 Å². The molecular weight excluding hydrogens is 254 g/mol. The summed E-state index contributed by atoms with van der Waals surface area (Å²) in [5, 5.41) is 3.34. The van der Waals surface area contributed by atoms with Crippen LogP contribution in [0.15, 0.2) is 16.7 Å². The number of hydrogen-bond donors (Lipinski definition) is 3. The lowest BCUT2D eigenvalue weighted by molar-refractivity contribution is 0.0750. The monoisotopic (exact) mass is 269 g/mol. The lowest BCUT2D eigenvalue weighted by Crippen LogP contribution is -2.31. The van der Waals surface area contributed by atoms with Gasteiger partial charge >= 0.3 is 0 Å². The van der Waals surface area contributed by atoms with E-state index in [0.717, 1.165) is 26.2 Å². The maximum absolute atomic E-state index is 12.2. The number of carbonyl (C=O) groups excluding carboxylic acids is 1. The smallest absolute Gasteiger partial charge is 0.289 e. The molecule has 2 aliphatic rings. The number of likely N-dealkylation sites (tertiary alicyclic amines) is 1. The molecule has 0 spiro atoms. The summed E-state index contributed by atoms with van der Waals surface area (Å²) in [4.78, 5) is 14.1. The van der Waals surface area contributed by atoms with E-state index in [1.165, 1.54) is 6.26 Å². The number of carbonyl (C=O) groups is 1. The van der Waals surface area contributed by atoms with Gasteiger partial charge in [-0.3, -0.25) is 4.79 Å². The van der Waals surface area contributed by atoms with Crippen molar-refractivity contribution in [2.24, 2.45) is 11.8 Å². The van der Waals surface area contributed by atoms with Crippen LogP contribution in [0, 0.1) is 11.8 Å². The van der Waals surface area contributed by atoms with Gasteiger partial charge in [-0.1, -0.05) is 0 Å². The average Bonchev–Trinajstić information content (AvgIpc) is 3.02. The molecule has 0 aliphatic carbocycles. The second-order valence-corrected chi connectivity index (χ2v) is 5.17. The van der Waals surface area contributed by atoms with Gasteiger partial charge < -0.3 is 23.9 Å². The van der Waals surface area contributed by atoms with Crippen molar-refractivity contribution < 1.29 is 13.8 Å². The molecule has 0 bridgehead atoms. The number of amides is 1. The van der Waals surface area contributed by atoms with Crippen molar-refractivity contribution >= 4 is 23.8 Å². The van der Waals surface area contributed by atoms with Crippen LogP contribution in [0.3, 0.4) is 0 Å². The Balaban J connectivity index is 1.67. The van der Waals surface area contributed by atoms with Gasteiger partial charge in [0.25, 0.3) is 5.91 Å². The van der Waals surface area contributed by atoms with Gasteiger partial charge in [0.1, 0.15) is 18.5 Å². The summed E-state index contributed by atoms with van der Waals surface area (Å²) in [6.07, 6.45) is 1.43. The lowest BCUT2D eigenvalue weighted by atomic mass is 10.0. The zero-order valence-corrected chi connectivity index (χ0v) is 10.6. The first-order chi connectivity index (χ1) is 8.78. The Kier molecular flexibility index (Phi) is 3.19. The maximum Gasteiger partial charge on any atom is 0.289 e. The van der Waals surface area contributed by atoms with Crippen LogP contribution in [0.25, 0.3) is 0 Å². The van der Waals surface area contributed by atoms with E-state index < -0.39 is 0 Å². The second kappa shape index (κ2) is 4.83. The van der Waals surface area contributed by atoms with Crippen LogP contribution < -0.4 is 10.0 Å². The number of nitrogens with one attached hydrogen (secondary N) is 2. The fourth-order valence-electron chi connectivity index (χ4n) is 2.73. The molecule has 3 rings (SSSR count). The molecule has 1 aromatic heterocycles. The Morgan fingerprint density at radius 3 is 2.89 bits per heavy atom. The Labute approximate surface area is 109 Å². The number of anilines is 1. The Bertz CT molecular complexity index is 438. The highest BCUT2D eigenvalue weighted by Crippen LogP contribution is 2.28. The third-order valence-corrected chi connectivity index (χ3v) is 3.98. The largest absolute Gasteiger partial charge is 0.457 e. The molecule has 0 aromatic carbocycles. The number of nitrogens with zero attached hydrogens (tertiary/aromatic N) is 1. The van der Waals surface area contributed by atoms with Crippen LogP contribution in [0.2, 0.25) is 0 Å². The Morgan fingerprint density at radius 2 is 2.22 bits per heavy atom. The number of furan rings is 1. The topological polar surface area (TPSA) is 77.7 Å². The second-order valence-electron chi connectivity index (χ2n) is 4.78. The minimum absolute atomic E-state index is 0.0691. The van der Waals surface area contributed by atoms with Crippen LogP contribution in [0.5, 0.6) is 0 Å². The Hall–Kier alpha value is -1.18. The van der Waals surface area contributed by atoms with Crippen LogP contribution in [0.4, 0.5) is 5.69 Å². The van der Waals surface area contributed by atoms with Gasteiger partial charge in [0, 0.05) is 32.2 Å². The molecule has 6 nitrogen and oxygen atoms in total. The zero-order valence-electron chi connectivity index (χ0n) is 9.76. The van der Waals surface area contributed by atoms with E-state index in [2.05, 4.69) is 10.0 Å². The van der Waals surface area contributed by atoms with Crippen LogP contribution in [0.1, 0.15) is 10.6 Å². The van der Waals surface area contributed by atoms with Gasteiger partial charge in [-0.15, -0.1) is 0 Å². The van der Waals surface area contributed by atoms with Crippen LogP contribution >= 0.6 is 12.2 Å². The highest BCUT2D eigenvalue weighted by atomic mass is 32.2. The van der Waals surface area contributed by atoms with E-state index in [0.29, 0.717) is 35.5 Å². The van der Waals surface area contributed by atoms with Gasteiger partial charge in [-0.2, -0.15) is 0 Å². The first kappa shape index (κ1) is 11.9. The molecule has 2 aliphatic heterocycles. The third-order valence-electron chi connectivity index (χ3n) is 3.65. The SMILES string of the molecule is O=C(c1cc(NSO)co1)N1CC2CNCC2C1. The maximum atomic E-state index is 12.2. The number of rotatable bonds is 3. The standard InChI is InChI=1S/C11H15N3O3S/c15-11(10-1-9(6-17-10)13-18-16)14-4-7-2-12-3-8(7)5-14/h1,6-8,12-13,16H,2-5H2. The van der Waals surface area contributed by atoms with E-state index in [9.17, 15) is 4.79 Å². The molecule has 2 fully saturated rings. The summed E-state index contributed by atoms with van der Waals surface area (Å²) in [7, 11) is 0. The van der Waals surface area contributed by atoms with Crippen LogP contribution in [-0.2, 0) is 0 Å². The average molecular weight is 269 g/mol. The van der Waals surface area contributed by atoms with Crippen molar-refractivity contribution in [3.8, 4) is 0 Å². The predicted octanol–water partition coefficient (Wildman–Crippen LogP) is 1.10. The molecular formula is C11H15N3O3S. The van der Waals surface area contributed by atoms with Gasteiger partial charge in [-0.25, -0.2) is 0 Å². The molecule has 98 valence electrons. The highest BCUT2D eigenvalue weighted by molar-refractivity contribution is 7.95. The molecule has 2 atom stereocenters. The van der Waals surface area contributed by atoms with Gasteiger partial charge in [0.05, 0.1) is 5.69 Å². The molecule has 0 saturated carbocycles. The van der Waals surface area contributed by atoms with Crippen molar-refractivity contribution in [2.75, 3.05) is 30.9 Å². The third kappa shape index (κ3) is 2.09. The van der Waals surface area contributed by atoms with E-state index in [4.69, 9.17) is 8.97 Å². The first-order valence-electron chi connectivity index (χ1n) is 5.93. The molecule has 2 unspecified atom stereocenters. The molecule has 18 heavy (non-hydrogen) atoms. The lowest BCUT2D eigenvalue weighted by Gasteiger charge is -2.15. The quantitative estimate of drug-likeness (QED) is 0.563. The summed E-state index contributed by atoms with van der Waals surface area (Å²) in [5.74, 6) is 1.41. The number of hydrogen-bond acceptors (Lipinski definition) is 6. The molecule has 0 radical (unpaired) electrons. The Morgan fingerprint density at radius 1 is 1.50 bits per heavy atom. The molecule has 1 amide bonds. The summed E-state index contributed by atoms with van der Waals surface area (Å²) in [5.41, 5.74) is 0.590. The minimum atomic E-state index is -0.0691. The normalized spacial score (nSPS) is 26.4. The summed E-state index contributed by atoms with van der Waals surface area (Å²) in [6, 6.07) is 1.61. The molecule has 7 heteroatoms. The fraction of sp³-hybridized carbons (Fsp3) is 0.545. The minimum Gasteiger partial charge on any atom is -0.457 e. The molecule has 3 N–H and O–H groups in total. The summed E-state index contributed by atoms with van der Waals surface area (Å²) >= 11 is 0.482. The van der Waals surface area contributed by atoms with Gasteiger partial charge in [0.2, 0.25) is 0 Å². The molecule has 1 aromatic rings. The first-order valence-corrected chi connectivity index (χ1v) is 6.70. The van der Waals surface area contributed by atoms with Gasteiger partial charge in [0.15, 0.2) is 5.76 Å². The predicted molar refractivity (Wildman–Crippen MR) is 68.3 cm³/mol. The number of fused-ring (bicyclic) bond motifs is 1. The zero-order chi connectivity index (χ0) is 12.5. The van der Waals surface area contributed by atoms with Gasteiger partial charge in [-0.05, 0) is 11.8 Å². The summed E-state index contributed by atoms with van der Waals surface area (Å²) in [6.45, 7) is 3.60. The fourth-order valence-corrected chi connectivity index (χ4v) is 2.94. The van der Waals surface area contributed by atoms with Crippen molar-refractivity contribution in [2.45, 2.75) is 0 Å². The van der Waals surface area contributed by atoms with Crippen LogP contribution in [-0.4, -0.2) is 41.5 Å². The van der Waals surface area contributed by atoms with E-state index >= 15 is 0 Å².